The Balaban J connectivity index is 1.67. The molecule has 1 atom stereocenters. The molecule has 0 radical (unpaired) electrons. The number of ether oxygens (including phenoxy) is 2. The van der Waals surface area contributed by atoms with Crippen LogP contribution < -0.4 is 4.74 Å². The number of phenols is 1. The fraction of sp³-hybridized carbons (Fsp3) is 0.344. The molecular formula is C32H37N3O4. The summed E-state index contributed by atoms with van der Waals surface area (Å²) in [7, 11) is 0. The third kappa shape index (κ3) is 7.19. The summed E-state index contributed by atoms with van der Waals surface area (Å²) in [5.41, 5.74) is 6.76. The van der Waals surface area contributed by atoms with Gasteiger partial charge in [-0.15, -0.1) is 0 Å². The minimum atomic E-state index is -0.373. The highest BCUT2D eigenvalue weighted by Gasteiger charge is 2.18. The Bertz CT molecular complexity index is 1370. The lowest BCUT2D eigenvalue weighted by Crippen LogP contribution is -2.08. The number of aromatic hydroxyl groups is 1. The first-order chi connectivity index (χ1) is 18.7. The molecule has 4 rings (SSSR count). The SMILES string of the molecule is Cc1ccc(-c2nc(-c3ccc(C)cc3C)nc(-c3cccc(OCCCOCCC(C)O)c3O)n2)c(C)c1. The van der Waals surface area contributed by atoms with Crippen LogP contribution in [0.25, 0.3) is 34.2 Å². The highest BCUT2D eigenvalue weighted by molar-refractivity contribution is 5.73. The van der Waals surface area contributed by atoms with Crippen molar-refractivity contribution < 1.29 is 19.7 Å². The van der Waals surface area contributed by atoms with Crippen molar-refractivity contribution in [3.63, 3.8) is 0 Å². The fourth-order valence-corrected chi connectivity index (χ4v) is 4.38. The summed E-state index contributed by atoms with van der Waals surface area (Å²) < 4.78 is 11.4. The van der Waals surface area contributed by atoms with Gasteiger partial charge in [0.25, 0.3) is 0 Å². The van der Waals surface area contributed by atoms with E-state index in [0.717, 1.165) is 33.4 Å². The third-order valence-electron chi connectivity index (χ3n) is 6.49. The Morgan fingerprint density at radius 1 is 0.718 bits per heavy atom. The average molecular weight is 528 g/mol. The van der Waals surface area contributed by atoms with Gasteiger partial charge in [-0.2, -0.15) is 0 Å². The molecule has 204 valence electrons. The number of phenolic OH excluding ortho intramolecular Hbond substituents is 1. The number of aliphatic hydroxyl groups excluding tert-OH is 1. The molecule has 1 heterocycles. The molecule has 4 aromatic rings. The molecule has 0 bridgehead atoms. The predicted molar refractivity (Wildman–Crippen MR) is 154 cm³/mol. The van der Waals surface area contributed by atoms with Gasteiger partial charge in [0.15, 0.2) is 29.0 Å². The lowest BCUT2D eigenvalue weighted by molar-refractivity contribution is 0.0819. The maximum atomic E-state index is 11.2. The lowest BCUT2D eigenvalue weighted by Gasteiger charge is -2.14. The van der Waals surface area contributed by atoms with Crippen LogP contribution in [0.2, 0.25) is 0 Å². The van der Waals surface area contributed by atoms with Gasteiger partial charge in [-0.3, -0.25) is 0 Å². The molecule has 0 aliphatic heterocycles. The summed E-state index contributed by atoms with van der Waals surface area (Å²) in [6.45, 7) is 11.3. The van der Waals surface area contributed by atoms with Crippen LogP contribution in [0.4, 0.5) is 0 Å². The second kappa shape index (κ2) is 12.8. The van der Waals surface area contributed by atoms with Gasteiger partial charge >= 0.3 is 0 Å². The Hall–Kier alpha value is -3.81. The van der Waals surface area contributed by atoms with Crippen molar-refractivity contribution >= 4 is 0 Å². The van der Waals surface area contributed by atoms with Crippen LogP contribution in [0, 0.1) is 27.7 Å². The smallest absolute Gasteiger partial charge is 0.168 e. The third-order valence-corrected chi connectivity index (χ3v) is 6.49. The van der Waals surface area contributed by atoms with Crippen LogP contribution in [0.3, 0.4) is 0 Å². The zero-order valence-electron chi connectivity index (χ0n) is 23.4. The zero-order chi connectivity index (χ0) is 27.9. The molecule has 0 amide bonds. The molecule has 0 saturated carbocycles. The summed E-state index contributed by atoms with van der Waals surface area (Å²) in [5.74, 6) is 1.81. The number of aromatic nitrogens is 3. The molecule has 2 N–H and O–H groups in total. The van der Waals surface area contributed by atoms with Crippen LogP contribution in [-0.4, -0.2) is 51.1 Å². The van der Waals surface area contributed by atoms with Crippen molar-refractivity contribution in [2.24, 2.45) is 0 Å². The number of aliphatic hydroxyl groups is 1. The maximum absolute atomic E-state index is 11.2. The summed E-state index contributed by atoms with van der Waals surface area (Å²) in [5, 5.41) is 20.5. The van der Waals surface area contributed by atoms with Crippen molar-refractivity contribution in [3.05, 3.63) is 76.9 Å². The Morgan fingerprint density at radius 3 is 1.82 bits per heavy atom. The highest BCUT2D eigenvalue weighted by atomic mass is 16.5. The van der Waals surface area contributed by atoms with Crippen LogP contribution in [-0.2, 0) is 4.74 Å². The normalized spacial score (nSPS) is 11.9. The van der Waals surface area contributed by atoms with Gasteiger partial charge in [0, 0.05) is 30.8 Å². The van der Waals surface area contributed by atoms with E-state index >= 15 is 0 Å². The largest absolute Gasteiger partial charge is 0.504 e. The van der Waals surface area contributed by atoms with Gasteiger partial charge in [0.2, 0.25) is 0 Å². The van der Waals surface area contributed by atoms with E-state index in [1.165, 1.54) is 0 Å². The van der Waals surface area contributed by atoms with Crippen LogP contribution in [0.5, 0.6) is 11.5 Å². The standard InChI is InChI=1S/C32H37N3O4/c1-20-10-12-25(22(3)18-20)30-33-31(26-13-11-21(2)19-23(26)4)35-32(34-30)27-8-6-9-28(29(27)37)39-16-7-15-38-17-14-24(5)36/h6,8-13,18-19,24,36-37H,7,14-17H2,1-5H3. The van der Waals surface area contributed by atoms with E-state index in [1.807, 2.05) is 44.2 Å². The first-order valence-corrected chi connectivity index (χ1v) is 13.3. The maximum Gasteiger partial charge on any atom is 0.168 e. The second-order valence-corrected chi connectivity index (χ2v) is 10.0. The number of hydrogen-bond acceptors (Lipinski definition) is 7. The lowest BCUT2D eigenvalue weighted by atomic mass is 10.0. The minimum Gasteiger partial charge on any atom is -0.504 e. The molecule has 0 aliphatic carbocycles. The van der Waals surface area contributed by atoms with E-state index in [-0.39, 0.29) is 11.9 Å². The summed E-state index contributed by atoms with van der Waals surface area (Å²) in [6, 6.07) is 17.7. The van der Waals surface area contributed by atoms with Gasteiger partial charge in [0.1, 0.15) is 0 Å². The molecule has 7 heteroatoms. The van der Waals surface area contributed by atoms with Crippen molar-refractivity contribution in [3.8, 4) is 45.7 Å². The Kier molecular flexibility index (Phi) is 9.28. The Morgan fingerprint density at radius 2 is 1.28 bits per heavy atom. The number of para-hydroxylation sites is 1. The van der Waals surface area contributed by atoms with E-state index in [0.29, 0.717) is 61.4 Å². The van der Waals surface area contributed by atoms with Crippen LogP contribution in [0.1, 0.15) is 42.0 Å². The van der Waals surface area contributed by atoms with Crippen molar-refractivity contribution in [2.75, 3.05) is 19.8 Å². The predicted octanol–water partition coefficient (Wildman–Crippen LogP) is 6.37. The van der Waals surface area contributed by atoms with Crippen molar-refractivity contribution in [1.82, 2.24) is 15.0 Å². The van der Waals surface area contributed by atoms with Crippen LogP contribution >= 0.6 is 0 Å². The molecule has 3 aromatic carbocycles. The van der Waals surface area contributed by atoms with Crippen LogP contribution in [0.15, 0.2) is 54.6 Å². The van der Waals surface area contributed by atoms with E-state index in [2.05, 4.69) is 26.0 Å². The first kappa shape index (κ1) is 28.2. The van der Waals surface area contributed by atoms with Gasteiger partial charge in [-0.05, 0) is 64.3 Å². The van der Waals surface area contributed by atoms with Crippen molar-refractivity contribution in [1.29, 1.82) is 0 Å². The summed E-state index contributed by atoms with van der Waals surface area (Å²) in [6.07, 6.45) is 0.884. The van der Waals surface area contributed by atoms with Gasteiger partial charge in [-0.25, -0.2) is 15.0 Å². The zero-order valence-corrected chi connectivity index (χ0v) is 23.4. The van der Waals surface area contributed by atoms with E-state index in [1.54, 1.807) is 19.1 Å². The molecule has 0 spiro atoms. The first-order valence-electron chi connectivity index (χ1n) is 13.3. The molecule has 0 aliphatic rings. The van der Waals surface area contributed by atoms with Crippen molar-refractivity contribution in [2.45, 2.75) is 53.6 Å². The van der Waals surface area contributed by atoms with E-state index in [4.69, 9.17) is 24.4 Å². The average Bonchev–Trinajstić information content (AvgIpc) is 2.88. The van der Waals surface area contributed by atoms with Gasteiger partial charge in [0.05, 0.1) is 18.3 Å². The number of aryl methyl sites for hydroxylation is 4. The second-order valence-electron chi connectivity index (χ2n) is 10.0. The molecule has 0 saturated heterocycles. The molecule has 7 nitrogen and oxygen atoms in total. The molecule has 39 heavy (non-hydrogen) atoms. The quantitative estimate of drug-likeness (QED) is 0.219. The fourth-order valence-electron chi connectivity index (χ4n) is 4.38. The van der Waals surface area contributed by atoms with Gasteiger partial charge < -0.3 is 19.7 Å². The summed E-state index contributed by atoms with van der Waals surface area (Å²) >= 11 is 0. The van der Waals surface area contributed by atoms with E-state index in [9.17, 15) is 10.2 Å². The van der Waals surface area contributed by atoms with E-state index < -0.39 is 0 Å². The topological polar surface area (TPSA) is 97.6 Å². The molecular weight excluding hydrogens is 490 g/mol. The molecule has 1 aromatic heterocycles. The monoisotopic (exact) mass is 527 g/mol. The minimum absolute atomic E-state index is 0.0168. The summed E-state index contributed by atoms with van der Waals surface area (Å²) in [4.78, 5) is 14.5. The molecule has 0 fully saturated rings. The number of hydrogen-bond donors (Lipinski definition) is 2. The number of benzene rings is 3. The number of nitrogens with zero attached hydrogens (tertiary/aromatic N) is 3. The highest BCUT2D eigenvalue weighted by Crippen LogP contribution is 2.37. The molecule has 1 unspecified atom stereocenters. The number of rotatable bonds is 11. The van der Waals surface area contributed by atoms with Gasteiger partial charge in [-0.1, -0.05) is 53.6 Å². The Labute approximate surface area is 230 Å².